The first-order valence-electron chi connectivity index (χ1n) is 5.74. The first-order valence-corrected chi connectivity index (χ1v) is 5.74. The third-order valence-corrected chi connectivity index (χ3v) is 3.03. The van der Waals surface area contributed by atoms with Gasteiger partial charge in [0.25, 0.3) is 0 Å². The monoisotopic (exact) mass is 227 g/mol. The van der Waals surface area contributed by atoms with Crippen LogP contribution in [-0.2, 0) is 0 Å². The van der Waals surface area contributed by atoms with Crippen LogP contribution in [0.25, 0.3) is 0 Å². The molecule has 0 spiro atoms. The molecule has 0 amide bonds. The van der Waals surface area contributed by atoms with Gasteiger partial charge in [-0.1, -0.05) is 0 Å². The maximum Gasteiger partial charge on any atom is 0.225 e. The van der Waals surface area contributed by atoms with E-state index in [1.165, 1.54) is 0 Å². The van der Waals surface area contributed by atoms with Gasteiger partial charge < -0.3 is 4.90 Å². The highest BCUT2D eigenvalue weighted by atomic mass is 15.3. The van der Waals surface area contributed by atoms with Gasteiger partial charge in [0.2, 0.25) is 5.95 Å². The van der Waals surface area contributed by atoms with Crippen LogP contribution in [0, 0.1) is 0 Å². The topological polar surface area (TPSA) is 54.8 Å². The normalized spacial score (nSPS) is 19.5. The molecule has 1 fully saturated rings. The molecule has 2 aromatic heterocycles. The molecule has 1 unspecified atom stereocenters. The van der Waals surface area contributed by atoms with Gasteiger partial charge in [0.05, 0.1) is 6.04 Å². The summed E-state index contributed by atoms with van der Waals surface area (Å²) in [5.74, 6) is 0.791. The number of rotatable bonds is 2. The number of anilines is 1. The zero-order valence-corrected chi connectivity index (χ0v) is 9.40. The average Bonchev–Trinajstić information content (AvgIpc) is 2.90. The third-order valence-electron chi connectivity index (χ3n) is 3.03. The molecule has 5 nitrogen and oxygen atoms in total. The van der Waals surface area contributed by atoms with Crippen molar-refractivity contribution in [2.24, 2.45) is 0 Å². The van der Waals surface area contributed by atoms with Gasteiger partial charge in [-0.25, -0.2) is 19.9 Å². The average molecular weight is 227 g/mol. The van der Waals surface area contributed by atoms with E-state index in [2.05, 4.69) is 24.8 Å². The van der Waals surface area contributed by atoms with E-state index in [1.54, 1.807) is 18.7 Å². The number of hydrogen-bond acceptors (Lipinski definition) is 5. The van der Waals surface area contributed by atoms with E-state index in [-0.39, 0.29) is 0 Å². The van der Waals surface area contributed by atoms with Gasteiger partial charge in [0, 0.05) is 36.9 Å². The summed E-state index contributed by atoms with van der Waals surface area (Å²) < 4.78 is 0. The van der Waals surface area contributed by atoms with E-state index < -0.39 is 0 Å². The lowest BCUT2D eigenvalue weighted by Gasteiger charge is -2.24. The smallest absolute Gasteiger partial charge is 0.225 e. The van der Waals surface area contributed by atoms with Crippen LogP contribution in [0.5, 0.6) is 0 Å². The van der Waals surface area contributed by atoms with E-state index in [9.17, 15) is 0 Å². The number of nitrogens with zero attached hydrogens (tertiary/aromatic N) is 5. The van der Waals surface area contributed by atoms with E-state index >= 15 is 0 Å². The van der Waals surface area contributed by atoms with E-state index in [4.69, 9.17) is 0 Å². The van der Waals surface area contributed by atoms with Gasteiger partial charge in [0.15, 0.2) is 0 Å². The van der Waals surface area contributed by atoms with E-state index in [0.29, 0.717) is 6.04 Å². The van der Waals surface area contributed by atoms with Gasteiger partial charge in [-0.2, -0.15) is 0 Å². The molecule has 5 heteroatoms. The van der Waals surface area contributed by atoms with Crippen molar-refractivity contribution in [2.45, 2.75) is 18.9 Å². The molecule has 3 rings (SSSR count). The molecule has 1 saturated heterocycles. The van der Waals surface area contributed by atoms with Crippen molar-refractivity contribution in [3.8, 4) is 0 Å². The predicted octanol–water partition coefficient (Wildman–Crippen LogP) is 1.61. The fourth-order valence-corrected chi connectivity index (χ4v) is 2.27. The van der Waals surface area contributed by atoms with Crippen molar-refractivity contribution >= 4 is 5.95 Å². The molecule has 0 aliphatic carbocycles. The van der Waals surface area contributed by atoms with Crippen LogP contribution in [0.15, 0.2) is 37.2 Å². The molecule has 0 bridgehead atoms. The first-order chi connectivity index (χ1) is 8.45. The Balaban J connectivity index is 1.91. The molecule has 1 aliphatic heterocycles. The highest BCUT2D eigenvalue weighted by molar-refractivity contribution is 5.36. The van der Waals surface area contributed by atoms with Crippen LogP contribution in [0.2, 0.25) is 0 Å². The molecule has 0 saturated carbocycles. The Morgan fingerprint density at radius 1 is 1.12 bits per heavy atom. The van der Waals surface area contributed by atoms with Gasteiger partial charge in [-0.05, 0) is 18.9 Å². The summed E-state index contributed by atoms with van der Waals surface area (Å²) in [5, 5.41) is 0. The molecule has 3 heterocycles. The Morgan fingerprint density at radius 2 is 1.88 bits per heavy atom. The van der Waals surface area contributed by atoms with Gasteiger partial charge in [-0.15, -0.1) is 0 Å². The molecular formula is C12H13N5. The quantitative estimate of drug-likeness (QED) is 0.780. The summed E-state index contributed by atoms with van der Waals surface area (Å²) in [7, 11) is 0. The van der Waals surface area contributed by atoms with Crippen LogP contribution < -0.4 is 4.90 Å². The lowest BCUT2D eigenvalue weighted by molar-refractivity contribution is 0.694. The van der Waals surface area contributed by atoms with Crippen LogP contribution in [0.3, 0.4) is 0 Å². The van der Waals surface area contributed by atoms with Crippen molar-refractivity contribution in [2.75, 3.05) is 11.4 Å². The summed E-state index contributed by atoms with van der Waals surface area (Å²) >= 11 is 0. The van der Waals surface area contributed by atoms with Crippen LogP contribution in [-0.4, -0.2) is 26.5 Å². The minimum Gasteiger partial charge on any atom is -0.334 e. The van der Waals surface area contributed by atoms with Crippen molar-refractivity contribution in [1.29, 1.82) is 0 Å². The van der Waals surface area contributed by atoms with E-state index in [0.717, 1.165) is 30.9 Å². The summed E-state index contributed by atoms with van der Waals surface area (Å²) in [4.78, 5) is 19.0. The highest BCUT2D eigenvalue weighted by Crippen LogP contribution is 2.33. The minimum atomic E-state index is 0.304. The second-order valence-corrected chi connectivity index (χ2v) is 4.07. The van der Waals surface area contributed by atoms with Crippen molar-refractivity contribution in [3.05, 3.63) is 42.7 Å². The molecule has 17 heavy (non-hydrogen) atoms. The Bertz CT molecular complexity index is 427. The molecule has 86 valence electrons. The third kappa shape index (κ3) is 1.95. The number of aromatic nitrogens is 4. The largest absolute Gasteiger partial charge is 0.334 e. The SMILES string of the molecule is c1cnc(N2CCCC2c2cncnc2)nc1. The Labute approximate surface area is 99.6 Å². The summed E-state index contributed by atoms with van der Waals surface area (Å²) in [5.41, 5.74) is 1.14. The molecule has 2 aromatic rings. The lowest BCUT2D eigenvalue weighted by atomic mass is 10.1. The predicted molar refractivity (Wildman–Crippen MR) is 63.4 cm³/mol. The second-order valence-electron chi connectivity index (χ2n) is 4.07. The molecule has 0 N–H and O–H groups in total. The maximum atomic E-state index is 4.31. The zero-order chi connectivity index (χ0) is 11.5. The number of hydrogen-bond donors (Lipinski definition) is 0. The van der Waals surface area contributed by atoms with Crippen molar-refractivity contribution in [1.82, 2.24) is 19.9 Å². The summed E-state index contributed by atoms with van der Waals surface area (Å²) in [6.07, 6.45) is 11.1. The molecule has 0 aromatic carbocycles. The highest BCUT2D eigenvalue weighted by Gasteiger charge is 2.28. The van der Waals surface area contributed by atoms with Gasteiger partial charge >= 0.3 is 0 Å². The fraction of sp³-hybridized carbons (Fsp3) is 0.333. The van der Waals surface area contributed by atoms with Gasteiger partial charge in [-0.3, -0.25) is 0 Å². The first kappa shape index (κ1) is 10.1. The molecule has 0 radical (unpaired) electrons. The van der Waals surface area contributed by atoms with Gasteiger partial charge in [0.1, 0.15) is 6.33 Å². The van der Waals surface area contributed by atoms with Crippen molar-refractivity contribution < 1.29 is 0 Å². The standard InChI is InChI=1S/C12H13N5/c1-3-11(10-7-13-9-14-8-10)17(6-1)12-15-4-2-5-16-12/h2,4-5,7-9,11H,1,3,6H2. The molecule has 1 atom stereocenters. The lowest BCUT2D eigenvalue weighted by Crippen LogP contribution is -2.24. The summed E-state index contributed by atoms with van der Waals surface area (Å²) in [6, 6.07) is 2.14. The van der Waals surface area contributed by atoms with Crippen LogP contribution >= 0.6 is 0 Å². The Morgan fingerprint density at radius 3 is 2.65 bits per heavy atom. The second kappa shape index (κ2) is 4.45. The van der Waals surface area contributed by atoms with Crippen LogP contribution in [0.1, 0.15) is 24.4 Å². The Hall–Kier alpha value is -2.04. The maximum absolute atomic E-state index is 4.31. The zero-order valence-electron chi connectivity index (χ0n) is 9.40. The van der Waals surface area contributed by atoms with Crippen molar-refractivity contribution in [3.63, 3.8) is 0 Å². The van der Waals surface area contributed by atoms with Crippen LogP contribution in [0.4, 0.5) is 5.95 Å². The Kier molecular flexibility index (Phi) is 2.65. The van der Waals surface area contributed by atoms with E-state index in [1.807, 2.05) is 18.5 Å². The minimum absolute atomic E-state index is 0.304. The molecule has 1 aliphatic rings. The molecular weight excluding hydrogens is 214 g/mol. The summed E-state index contributed by atoms with van der Waals surface area (Å²) in [6.45, 7) is 0.990. The fourth-order valence-electron chi connectivity index (χ4n) is 2.27.